The SMILES string of the molecule is CN(CC(=O)Nc1ccc(Cl)c(C(F)(F)F)c1)c1ccc([N+](=O)[O-])cn1. The highest BCUT2D eigenvalue weighted by atomic mass is 35.5. The first-order valence-corrected chi connectivity index (χ1v) is 7.44. The molecule has 0 aliphatic rings. The van der Waals surface area contributed by atoms with Gasteiger partial charge in [0.25, 0.3) is 5.69 Å². The smallest absolute Gasteiger partial charge is 0.350 e. The molecule has 0 saturated heterocycles. The maximum Gasteiger partial charge on any atom is 0.417 e. The van der Waals surface area contributed by atoms with Crippen molar-refractivity contribution < 1.29 is 22.9 Å². The molecule has 138 valence electrons. The molecule has 7 nitrogen and oxygen atoms in total. The number of amides is 1. The van der Waals surface area contributed by atoms with E-state index in [9.17, 15) is 28.1 Å². The lowest BCUT2D eigenvalue weighted by Gasteiger charge is -2.18. The molecule has 2 rings (SSSR count). The molecule has 0 aliphatic carbocycles. The number of likely N-dealkylation sites (N-methyl/N-ethyl adjacent to an activating group) is 1. The Hall–Kier alpha value is -2.88. The van der Waals surface area contributed by atoms with Gasteiger partial charge in [-0.1, -0.05) is 11.6 Å². The first-order chi connectivity index (χ1) is 12.1. The van der Waals surface area contributed by atoms with E-state index in [1.54, 1.807) is 0 Å². The minimum Gasteiger partial charge on any atom is -0.350 e. The van der Waals surface area contributed by atoms with E-state index < -0.39 is 27.6 Å². The summed E-state index contributed by atoms with van der Waals surface area (Å²) in [5, 5.41) is 12.5. The summed E-state index contributed by atoms with van der Waals surface area (Å²) in [6, 6.07) is 5.62. The molecule has 0 unspecified atom stereocenters. The van der Waals surface area contributed by atoms with Gasteiger partial charge in [0.1, 0.15) is 12.0 Å². The van der Waals surface area contributed by atoms with Gasteiger partial charge in [0.2, 0.25) is 5.91 Å². The Balaban J connectivity index is 2.05. The number of benzene rings is 1. The van der Waals surface area contributed by atoms with Crippen LogP contribution in [0.15, 0.2) is 36.5 Å². The number of alkyl halides is 3. The van der Waals surface area contributed by atoms with Crippen molar-refractivity contribution in [2.45, 2.75) is 6.18 Å². The predicted molar refractivity (Wildman–Crippen MR) is 89.2 cm³/mol. The molecule has 0 fully saturated rings. The lowest BCUT2D eigenvalue weighted by molar-refractivity contribution is -0.385. The van der Waals surface area contributed by atoms with Crippen LogP contribution in [0.4, 0.5) is 30.4 Å². The monoisotopic (exact) mass is 388 g/mol. The molecule has 1 N–H and O–H groups in total. The highest BCUT2D eigenvalue weighted by Crippen LogP contribution is 2.36. The van der Waals surface area contributed by atoms with E-state index >= 15 is 0 Å². The third kappa shape index (κ3) is 4.82. The van der Waals surface area contributed by atoms with Crippen molar-refractivity contribution in [1.82, 2.24) is 4.98 Å². The molecule has 1 aromatic heterocycles. The van der Waals surface area contributed by atoms with Crippen LogP contribution in [0, 0.1) is 10.1 Å². The average Bonchev–Trinajstić information content (AvgIpc) is 2.55. The second kappa shape index (κ2) is 7.56. The van der Waals surface area contributed by atoms with Gasteiger partial charge < -0.3 is 10.2 Å². The van der Waals surface area contributed by atoms with Crippen LogP contribution < -0.4 is 10.2 Å². The summed E-state index contributed by atoms with van der Waals surface area (Å²) in [4.78, 5) is 27.2. The molecule has 1 aromatic carbocycles. The predicted octanol–water partition coefficient (Wildman–Crippen LogP) is 3.74. The lowest BCUT2D eigenvalue weighted by atomic mass is 10.2. The number of rotatable bonds is 5. The molecule has 11 heteroatoms. The van der Waals surface area contributed by atoms with Crippen LogP contribution in [0.25, 0.3) is 0 Å². The van der Waals surface area contributed by atoms with Gasteiger partial charge in [-0.3, -0.25) is 14.9 Å². The molecule has 0 aliphatic heterocycles. The second-order valence-electron chi connectivity index (χ2n) is 5.23. The van der Waals surface area contributed by atoms with Crippen molar-refractivity contribution in [2.75, 3.05) is 23.8 Å². The van der Waals surface area contributed by atoms with Crippen LogP contribution in [0.2, 0.25) is 5.02 Å². The number of halogens is 4. The largest absolute Gasteiger partial charge is 0.417 e. The van der Waals surface area contributed by atoms with Gasteiger partial charge in [0.05, 0.1) is 22.1 Å². The van der Waals surface area contributed by atoms with Gasteiger partial charge in [-0.05, 0) is 24.3 Å². The van der Waals surface area contributed by atoms with Crippen molar-refractivity contribution in [3.05, 3.63) is 57.2 Å². The van der Waals surface area contributed by atoms with Gasteiger partial charge in [0, 0.05) is 18.8 Å². The fourth-order valence-electron chi connectivity index (χ4n) is 2.03. The summed E-state index contributed by atoms with van der Waals surface area (Å²) in [5.41, 5.74) is -1.31. The maximum atomic E-state index is 12.8. The number of anilines is 2. The zero-order valence-corrected chi connectivity index (χ0v) is 14.0. The second-order valence-corrected chi connectivity index (χ2v) is 5.64. The Morgan fingerprint density at radius 3 is 2.58 bits per heavy atom. The Bertz CT molecular complexity index is 828. The molecule has 1 heterocycles. The van der Waals surface area contributed by atoms with Crippen LogP contribution in [0.3, 0.4) is 0 Å². The topological polar surface area (TPSA) is 88.4 Å². The van der Waals surface area contributed by atoms with Gasteiger partial charge >= 0.3 is 6.18 Å². The normalized spacial score (nSPS) is 11.1. The van der Waals surface area contributed by atoms with E-state index in [0.29, 0.717) is 0 Å². The van der Waals surface area contributed by atoms with E-state index in [0.717, 1.165) is 18.3 Å². The first kappa shape index (κ1) is 19.4. The maximum absolute atomic E-state index is 12.8. The number of hydrogen-bond acceptors (Lipinski definition) is 5. The molecule has 0 bridgehead atoms. The average molecular weight is 389 g/mol. The summed E-state index contributed by atoms with van der Waals surface area (Å²) in [5.74, 6) is -0.305. The number of hydrogen-bond donors (Lipinski definition) is 1. The van der Waals surface area contributed by atoms with Crippen LogP contribution in [0.5, 0.6) is 0 Å². The summed E-state index contributed by atoms with van der Waals surface area (Å²) in [7, 11) is 1.51. The van der Waals surface area contributed by atoms with E-state index in [4.69, 9.17) is 11.6 Å². The summed E-state index contributed by atoms with van der Waals surface area (Å²) in [6.45, 7) is -0.227. The molecule has 2 aromatic rings. The zero-order chi connectivity index (χ0) is 19.5. The van der Waals surface area contributed by atoms with Gasteiger partial charge in [-0.25, -0.2) is 4.98 Å². The van der Waals surface area contributed by atoms with Crippen molar-refractivity contribution in [3.8, 4) is 0 Å². The van der Waals surface area contributed by atoms with Crippen molar-refractivity contribution in [3.63, 3.8) is 0 Å². The van der Waals surface area contributed by atoms with Crippen LogP contribution in [0.1, 0.15) is 5.56 Å². The van der Waals surface area contributed by atoms with E-state index in [1.165, 1.54) is 30.1 Å². The van der Waals surface area contributed by atoms with Crippen molar-refractivity contribution >= 4 is 34.7 Å². The first-order valence-electron chi connectivity index (χ1n) is 7.06. The number of carbonyl (C=O) groups excluding carboxylic acids is 1. The molecular weight excluding hydrogens is 377 g/mol. The Labute approximate surface area is 150 Å². The van der Waals surface area contributed by atoms with E-state index in [2.05, 4.69) is 10.3 Å². The number of aromatic nitrogens is 1. The number of nitrogens with zero attached hydrogens (tertiary/aromatic N) is 3. The number of nitro groups is 1. The number of nitrogens with one attached hydrogen (secondary N) is 1. The standard InChI is InChI=1S/C15H12ClF3N4O3/c1-22(13-5-3-10(7-20-13)23(25)26)8-14(24)21-9-2-4-12(16)11(6-9)15(17,18)19/h2-7H,8H2,1H3,(H,21,24). The minimum atomic E-state index is -4.64. The highest BCUT2D eigenvalue weighted by Gasteiger charge is 2.33. The van der Waals surface area contributed by atoms with Crippen molar-refractivity contribution in [2.24, 2.45) is 0 Å². The molecular formula is C15H12ClF3N4O3. The zero-order valence-electron chi connectivity index (χ0n) is 13.2. The molecule has 0 radical (unpaired) electrons. The van der Waals surface area contributed by atoms with Gasteiger partial charge in [0.15, 0.2) is 0 Å². The Kier molecular flexibility index (Phi) is 5.66. The Morgan fingerprint density at radius 2 is 2.04 bits per heavy atom. The molecule has 26 heavy (non-hydrogen) atoms. The van der Waals surface area contributed by atoms with Crippen LogP contribution in [-0.2, 0) is 11.0 Å². The van der Waals surface area contributed by atoms with Crippen molar-refractivity contribution in [1.29, 1.82) is 0 Å². The molecule has 0 saturated carbocycles. The molecule has 0 spiro atoms. The third-order valence-electron chi connectivity index (χ3n) is 3.27. The summed E-state index contributed by atoms with van der Waals surface area (Å²) in [6.07, 6.45) is -3.60. The third-order valence-corrected chi connectivity index (χ3v) is 3.60. The van der Waals surface area contributed by atoms with E-state index in [-0.39, 0.29) is 23.7 Å². The highest BCUT2D eigenvalue weighted by molar-refractivity contribution is 6.31. The van der Waals surface area contributed by atoms with Crippen LogP contribution >= 0.6 is 11.6 Å². The summed E-state index contributed by atoms with van der Waals surface area (Å²) >= 11 is 5.52. The fraction of sp³-hybridized carbons (Fsp3) is 0.200. The molecule has 0 atom stereocenters. The summed E-state index contributed by atoms with van der Waals surface area (Å²) < 4.78 is 38.5. The van der Waals surface area contributed by atoms with Crippen LogP contribution in [-0.4, -0.2) is 29.4 Å². The quantitative estimate of drug-likeness (QED) is 0.622. The Morgan fingerprint density at radius 1 is 1.35 bits per heavy atom. The minimum absolute atomic E-state index is 0.0585. The van der Waals surface area contributed by atoms with Gasteiger partial charge in [-0.15, -0.1) is 0 Å². The number of pyridine rings is 1. The van der Waals surface area contributed by atoms with E-state index in [1.807, 2.05) is 0 Å². The van der Waals surface area contributed by atoms with Gasteiger partial charge in [-0.2, -0.15) is 13.2 Å². The molecule has 1 amide bonds. The number of carbonyl (C=O) groups is 1. The fourth-order valence-corrected chi connectivity index (χ4v) is 2.25. The lowest BCUT2D eigenvalue weighted by Crippen LogP contribution is -2.30.